The third-order valence-corrected chi connectivity index (χ3v) is 5.21. The Hall–Kier alpha value is -3.12. The highest BCUT2D eigenvalue weighted by atomic mass is 32.1. The van der Waals surface area contributed by atoms with E-state index in [0.29, 0.717) is 22.9 Å². The van der Waals surface area contributed by atoms with Gasteiger partial charge in [0.05, 0.1) is 17.1 Å². The first-order valence-corrected chi connectivity index (χ1v) is 9.53. The smallest absolute Gasteiger partial charge is 0.268 e. The van der Waals surface area contributed by atoms with Crippen LogP contribution in [0.4, 0.5) is 5.69 Å². The van der Waals surface area contributed by atoms with Crippen LogP contribution in [0.3, 0.4) is 0 Å². The molecule has 1 aliphatic rings. The average Bonchev–Trinajstić information content (AvgIpc) is 3.26. The quantitative estimate of drug-likeness (QED) is 0.756. The standard InChI is InChI=1S/C21H18N2O3S/c24-20(22-13-15-7-2-1-3-8-15)18-14-23(21(25)19-11-6-12-27-19)16-9-4-5-10-17(16)26-18/h1-12,18H,13-14H2,(H,22,24)/t18-/m0/s1. The van der Waals surface area contributed by atoms with Gasteiger partial charge in [-0.2, -0.15) is 0 Å². The van der Waals surface area contributed by atoms with Crippen LogP contribution >= 0.6 is 11.3 Å². The van der Waals surface area contributed by atoms with E-state index in [1.165, 1.54) is 11.3 Å². The van der Waals surface area contributed by atoms with E-state index in [4.69, 9.17) is 4.74 Å². The van der Waals surface area contributed by atoms with Crippen LogP contribution in [0.25, 0.3) is 0 Å². The van der Waals surface area contributed by atoms with Crippen LogP contribution in [-0.2, 0) is 11.3 Å². The Balaban J connectivity index is 1.53. The first kappa shape index (κ1) is 17.3. The molecule has 1 aliphatic heterocycles. The Kier molecular flexibility index (Phi) is 4.89. The number of thiophene rings is 1. The minimum atomic E-state index is -0.757. The molecular weight excluding hydrogens is 360 g/mol. The first-order valence-electron chi connectivity index (χ1n) is 8.65. The van der Waals surface area contributed by atoms with Gasteiger partial charge in [0, 0.05) is 6.54 Å². The van der Waals surface area contributed by atoms with Crippen LogP contribution in [0.1, 0.15) is 15.2 Å². The molecule has 1 aromatic heterocycles. The maximum absolute atomic E-state index is 12.9. The van der Waals surface area contributed by atoms with Crippen LogP contribution in [0.2, 0.25) is 0 Å². The van der Waals surface area contributed by atoms with Gasteiger partial charge in [-0.3, -0.25) is 14.5 Å². The molecule has 0 fully saturated rings. The van der Waals surface area contributed by atoms with Crippen molar-refractivity contribution < 1.29 is 14.3 Å². The molecule has 1 atom stereocenters. The number of nitrogens with one attached hydrogen (secondary N) is 1. The maximum atomic E-state index is 12.9. The van der Waals surface area contributed by atoms with Crippen molar-refractivity contribution in [2.75, 3.05) is 11.4 Å². The summed E-state index contributed by atoms with van der Waals surface area (Å²) in [7, 11) is 0. The number of hydrogen-bond acceptors (Lipinski definition) is 4. The van der Waals surface area contributed by atoms with Gasteiger partial charge in [0.15, 0.2) is 6.10 Å². The van der Waals surface area contributed by atoms with Crippen molar-refractivity contribution in [3.63, 3.8) is 0 Å². The third kappa shape index (κ3) is 3.71. The topological polar surface area (TPSA) is 58.6 Å². The number of amides is 2. The molecule has 1 N–H and O–H groups in total. The van der Waals surface area contributed by atoms with E-state index in [1.807, 2.05) is 60.0 Å². The molecule has 3 aromatic rings. The average molecular weight is 378 g/mol. The van der Waals surface area contributed by atoms with E-state index < -0.39 is 6.10 Å². The van der Waals surface area contributed by atoms with Crippen LogP contribution < -0.4 is 15.0 Å². The molecular formula is C21H18N2O3S. The number of carbonyl (C=O) groups is 2. The zero-order chi connectivity index (χ0) is 18.6. The summed E-state index contributed by atoms with van der Waals surface area (Å²) in [5.74, 6) is 0.174. The normalized spacial score (nSPS) is 15.6. The Morgan fingerprint density at radius 2 is 1.81 bits per heavy atom. The van der Waals surface area contributed by atoms with Gasteiger partial charge in [-0.1, -0.05) is 48.5 Å². The van der Waals surface area contributed by atoms with Gasteiger partial charge in [0.2, 0.25) is 0 Å². The summed E-state index contributed by atoms with van der Waals surface area (Å²) in [6.45, 7) is 0.592. The molecule has 2 aromatic carbocycles. The number of carbonyl (C=O) groups excluding carboxylic acids is 2. The second kappa shape index (κ2) is 7.63. The van der Waals surface area contributed by atoms with Gasteiger partial charge in [-0.25, -0.2) is 0 Å². The van der Waals surface area contributed by atoms with Gasteiger partial charge in [0.1, 0.15) is 5.75 Å². The predicted octanol–water partition coefficient (Wildman–Crippen LogP) is 3.47. The second-order valence-electron chi connectivity index (χ2n) is 6.17. The fourth-order valence-electron chi connectivity index (χ4n) is 3.00. The number of fused-ring (bicyclic) bond motifs is 1. The van der Waals surface area contributed by atoms with Crippen LogP contribution in [0, 0.1) is 0 Å². The van der Waals surface area contributed by atoms with Crippen molar-refractivity contribution in [3.8, 4) is 5.75 Å². The number of nitrogens with zero attached hydrogens (tertiary/aromatic N) is 1. The Labute approximate surface area is 161 Å². The molecule has 27 heavy (non-hydrogen) atoms. The SMILES string of the molecule is O=C(NCc1ccccc1)[C@@H]1CN(C(=O)c2cccs2)c2ccccc2O1. The van der Waals surface area contributed by atoms with Crippen molar-refractivity contribution in [2.45, 2.75) is 12.6 Å². The van der Waals surface area contributed by atoms with Crippen molar-refractivity contribution in [2.24, 2.45) is 0 Å². The molecule has 6 heteroatoms. The van der Waals surface area contributed by atoms with Gasteiger partial charge >= 0.3 is 0 Å². The van der Waals surface area contributed by atoms with Gasteiger partial charge in [0.25, 0.3) is 11.8 Å². The zero-order valence-electron chi connectivity index (χ0n) is 14.5. The summed E-state index contributed by atoms with van der Waals surface area (Å²) < 4.78 is 5.88. The minimum absolute atomic E-state index is 0.124. The number of hydrogen-bond donors (Lipinski definition) is 1. The van der Waals surface area contributed by atoms with Crippen LogP contribution in [-0.4, -0.2) is 24.5 Å². The number of anilines is 1. The molecule has 2 amide bonds. The van der Waals surface area contributed by atoms with Crippen LogP contribution in [0.5, 0.6) is 5.75 Å². The van der Waals surface area contributed by atoms with E-state index in [9.17, 15) is 9.59 Å². The fourth-order valence-corrected chi connectivity index (χ4v) is 3.67. The van der Waals surface area contributed by atoms with E-state index in [0.717, 1.165) is 5.56 Å². The molecule has 2 heterocycles. The molecule has 136 valence electrons. The maximum Gasteiger partial charge on any atom is 0.268 e. The molecule has 0 bridgehead atoms. The summed E-state index contributed by atoms with van der Waals surface area (Å²) in [5.41, 5.74) is 1.69. The van der Waals surface area contributed by atoms with E-state index in [1.54, 1.807) is 17.0 Å². The molecule has 0 unspecified atom stereocenters. The molecule has 0 aliphatic carbocycles. The fraction of sp³-hybridized carbons (Fsp3) is 0.143. The Morgan fingerprint density at radius 3 is 2.59 bits per heavy atom. The van der Waals surface area contributed by atoms with Crippen molar-refractivity contribution in [3.05, 3.63) is 82.6 Å². The van der Waals surface area contributed by atoms with Gasteiger partial charge in [-0.15, -0.1) is 11.3 Å². The molecule has 0 radical (unpaired) electrons. The summed E-state index contributed by atoms with van der Waals surface area (Å²) in [6.07, 6.45) is -0.757. The second-order valence-corrected chi connectivity index (χ2v) is 7.12. The van der Waals surface area contributed by atoms with E-state index >= 15 is 0 Å². The molecule has 0 saturated carbocycles. The number of ether oxygens (including phenoxy) is 1. The largest absolute Gasteiger partial charge is 0.477 e. The number of rotatable bonds is 4. The third-order valence-electron chi connectivity index (χ3n) is 4.35. The number of para-hydroxylation sites is 2. The Morgan fingerprint density at radius 1 is 1.04 bits per heavy atom. The summed E-state index contributed by atoms with van der Waals surface area (Å²) >= 11 is 1.38. The highest BCUT2D eigenvalue weighted by Gasteiger charge is 2.34. The van der Waals surface area contributed by atoms with Crippen molar-refractivity contribution >= 4 is 28.8 Å². The lowest BCUT2D eigenvalue weighted by Crippen LogP contribution is -2.50. The first-order chi connectivity index (χ1) is 13.2. The van der Waals surface area contributed by atoms with Gasteiger partial charge < -0.3 is 10.1 Å². The Bertz CT molecular complexity index is 941. The van der Waals surface area contributed by atoms with Crippen LogP contribution in [0.15, 0.2) is 72.1 Å². The summed E-state index contributed by atoms with van der Waals surface area (Å²) in [6, 6.07) is 20.6. The lowest BCUT2D eigenvalue weighted by Gasteiger charge is -2.34. The summed E-state index contributed by atoms with van der Waals surface area (Å²) in [5, 5.41) is 4.76. The lowest BCUT2D eigenvalue weighted by atomic mass is 10.1. The highest BCUT2D eigenvalue weighted by molar-refractivity contribution is 7.12. The lowest BCUT2D eigenvalue weighted by molar-refractivity contribution is -0.127. The molecule has 0 spiro atoms. The van der Waals surface area contributed by atoms with Gasteiger partial charge in [-0.05, 0) is 29.1 Å². The van der Waals surface area contributed by atoms with E-state index in [-0.39, 0.29) is 18.4 Å². The number of benzene rings is 2. The molecule has 5 nitrogen and oxygen atoms in total. The minimum Gasteiger partial charge on any atom is -0.477 e. The monoisotopic (exact) mass is 378 g/mol. The molecule has 0 saturated heterocycles. The summed E-state index contributed by atoms with van der Waals surface area (Å²) in [4.78, 5) is 27.8. The van der Waals surface area contributed by atoms with E-state index in [2.05, 4.69) is 5.32 Å². The highest BCUT2D eigenvalue weighted by Crippen LogP contribution is 2.34. The van der Waals surface area contributed by atoms with Crippen molar-refractivity contribution in [1.29, 1.82) is 0 Å². The zero-order valence-corrected chi connectivity index (χ0v) is 15.3. The molecule has 4 rings (SSSR count). The predicted molar refractivity (Wildman–Crippen MR) is 105 cm³/mol. The van der Waals surface area contributed by atoms with Crippen molar-refractivity contribution in [1.82, 2.24) is 5.32 Å².